The van der Waals surface area contributed by atoms with E-state index < -0.39 is 0 Å². The summed E-state index contributed by atoms with van der Waals surface area (Å²) in [5, 5.41) is 24.9. The van der Waals surface area contributed by atoms with E-state index in [-0.39, 0.29) is 0 Å². The van der Waals surface area contributed by atoms with Gasteiger partial charge in [-0.1, -0.05) is 18.2 Å². The minimum atomic E-state index is 0.820. The van der Waals surface area contributed by atoms with Gasteiger partial charge in [-0.25, -0.2) is 0 Å². The van der Waals surface area contributed by atoms with Crippen LogP contribution in [-0.4, -0.2) is 4.40 Å². The van der Waals surface area contributed by atoms with E-state index in [2.05, 4.69) is 46.9 Å². The number of benzene rings is 3. The third kappa shape index (κ3) is 1.65. The number of hydrogen-bond donors (Lipinski definition) is 0. The number of hydrogen-bond acceptors (Lipinski definition) is 2. The lowest BCUT2D eigenvalue weighted by atomic mass is 9.95. The van der Waals surface area contributed by atoms with Crippen molar-refractivity contribution >= 4 is 38.1 Å². The number of nitrogens with zero attached hydrogens (tertiary/aromatic N) is 3. The van der Waals surface area contributed by atoms with Crippen molar-refractivity contribution in [3.63, 3.8) is 0 Å². The van der Waals surface area contributed by atoms with Gasteiger partial charge in [0.15, 0.2) is 0 Å². The molecule has 0 unspecified atom stereocenters. The van der Waals surface area contributed by atoms with Crippen molar-refractivity contribution in [2.75, 3.05) is 0 Å². The largest absolute Gasteiger partial charge is 0.308 e. The molecule has 0 atom stereocenters. The molecule has 136 valence electrons. The summed E-state index contributed by atoms with van der Waals surface area (Å²) in [6, 6.07) is 15.7. The van der Waals surface area contributed by atoms with Crippen molar-refractivity contribution in [3.05, 3.63) is 63.7 Å². The molecule has 2 aromatic heterocycles. The molecule has 0 aliphatic heterocycles. The molecule has 0 saturated heterocycles. The number of rotatable bonds is 0. The standard InChI is InChI=1S/C26H17N3/c27-12-14-10-22-24(18-6-1-4-16(14)18)20-8-3-9-21-25-19-7-2-5-17(19)15(13-28)11-23(25)29(22)26(20)21/h3,8-11H,1-2,4-7H2. The van der Waals surface area contributed by atoms with E-state index in [4.69, 9.17) is 0 Å². The summed E-state index contributed by atoms with van der Waals surface area (Å²) in [5.41, 5.74) is 10.4. The minimum Gasteiger partial charge on any atom is -0.308 e. The fourth-order valence-corrected chi connectivity index (χ4v) is 6.25. The number of aromatic nitrogens is 1. The topological polar surface area (TPSA) is 52.0 Å². The Morgan fingerprint density at radius 2 is 1.17 bits per heavy atom. The average Bonchev–Trinajstić information content (AvgIpc) is 3.51. The van der Waals surface area contributed by atoms with Gasteiger partial charge in [0.2, 0.25) is 0 Å². The van der Waals surface area contributed by atoms with E-state index in [1.54, 1.807) is 0 Å². The van der Waals surface area contributed by atoms with Crippen LogP contribution in [0.2, 0.25) is 0 Å². The van der Waals surface area contributed by atoms with E-state index >= 15 is 0 Å². The van der Waals surface area contributed by atoms with Crippen LogP contribution in [0.4, 0.5) is 0 Å². The van der Waals surface area contributed by atoms with Gasteiger partial charge in [-0.05, 0) is 72.9 Å². The van der Waals surface area contributed by atoms with Crippen molar-refractivity contribution in [1.29, 1.82) is 10.5 Å². The van der Waals surface area contributed by atoms with Crippen LogP contribution in [0.25, 0.3) is 38.1 Å². The number of fused-ring (bicyclic) bond motifs is 10. The molecule has 2 aliphatic rings. The van der Waals surface area contributed by atoms with Crippen LogP contribution < -0.4 is 0 Å². The Morgan fingerprint density at radius 3 is 1.66 bits per heavy atom. The van der Waals surface area contributed by atoms with E-state index in [1.807, 2.05) is 0 Å². The van der Waals surface area contributed by atoms with Crippen LogP contribution in [0.3, 0.4) is 0 Å². The lowest BCUT2D eigenvalue weighted by molar-refractivity contribution is 0.912. The average molecular weight is 371 g/mol. The van der Waals surface area contributed by atoms with Crippen molar-refractivity contribution in [2.24, 2.45) is 0 Å². The molecular formula is C26H17N3. The zero-order valence-corrected chi connectivity index (χ0v) is 16.0. The van der Waals surface area contributed by atoms with Crippen LogP contribution >= 0.6 is 0 Å². The normalized spacial score (nSPS) is 15.4. The zero-order valence-electron chi connectivity index (χ0n) is 16.0. The molecule has 5 aromatic rings. The summed E-state index contributed by atoms with van der Waals surface area (Å²) < 4.78 is 2.34. The molecule has 3 heteroatoms. The molecule has 7 rings (SSSR count). The van der Waals surface area contributed by atoms with Gasteiger partial charge in [0.25, 0.3) is 0 Å². The predicted molar refractivity (Wildman–Crippen MR) is 115 cm³/mol. The molecule has 3 aromatic carbocycles. The maximum atomic E-state index is 9.81. The number of nitriles is 2. The van der Waals surface area contributed by atoms with Crippen LogP contribution in [0, 0.1) is 22.7 Å². The first kappa shape index (κ1) is 15.4. The fraction of sp³-hybridized carbons (Fsp3) is 0.231. The van der Waals surface area contributed by atoms with Gasteiger partial charge in [-0.2, -0.15) is 10.5 Å². The summed E-state index contributed by atoms with van der Waals surface area (Å²) in [6.07, 6.45) is 6.35. The fourth-order valence-electron chi connectivity index (χ4n) is 6.25. The van der Waals surface area contributed by atoms with Gasteiger partial charge in [-0.15, -0.1) is 0 Å². The van der Waals surface area contributed by atoms with E-state index in [0.717, 1.165) is 60.7 Å². The molecule has 0 fully saturated rings. The number of para-hydroxylation sites is 1. The molecule has 0 saturated carbocycles. The summed E-state index contributed by atoms with van der Waals surface area (Å²) in [4.78, 5) is 0. The highest BCUT2D eigenvalue weighted by molar-refractivity contribution is 6.25. The molecule has 0 bridgehead atoms. The third-order valence-corrected chi connectivity index (χ3v) is 7.28. The lowest BCUT2D eigenvalue weighted by Gasteiger charge is -2.08. The molecule has 2 heterocycles. The first-order chi connectivity index (χ1) is 14.3. The molecule has 0 spiro atoms. The molecule has 0 amide bonds. The molecule has 0 N–H and O–H groups in total. The smallest absolute Gasteiger partial charge is 0.0995 e. The lowest BCUT2D eigenvalue weighted by Crippen LogP contribution is -1.94. The molecular weight excluding hydrogens is 354 g/mol. The SMILES string of the molecule is N#Cc1cc2c(c3c1CCC3)c1cccc3c4c5c(c(C#N)cc4n2c13)CCC5. The highest BCUT2D eigenvalue weighted by atomic mass is 14.9. The number of aryl methyl sites for hydroxylation is 2. The van der Waals surface area contributed by atoms with Gasteiger partial charge in [0.05, 0.1) is 39.8 Å². The second-order valence-corrected chi connectivity index (χ2v) is 8.52. The minimum absolute atomic E-state index is 0.820. The van der Waals surface area contributed by atoms with Gasteiger partial charge in [0, 0.05) is 21.5 Å². The van der Waals surface area contributed by atoms with Crippen molar-refractivity contribution < 1.29 is 0 Å². The van der Waals surface area contributed by atoms with Crippen molar-refractivity contribution in [2.45, 2.75) is 38.5 Å². The Bertz CT molecular complexity index is 1500. The van der Waals surface area contributed by atoms with Crippen molar-refractivity contribution in [1.82, 2.24) is 4.40 Å². The van der Waals surface area contributed by atoms with Crippen molar-refractivity contribution in [3.8, 4) is 12.1 Å². The molecule has 0 radical (unpaired) electrons. The second kappa shape index (κ2) is 5.07. The Labute approximate surface area is 167 Å². The Morgan fingerprint density at radius 1 is 0.690 bits per heavy atom. The molecule has 3 nitrogen and oxygen atoms in total. The first-order valence-electron chi connectivity index (χ1n) is 10.4. The molecule has 29 heavy (non-hydrogen) atoms. The van der Waals surface area contributed by atoms with Gasteiger partial charge < -0.3 is 4.40 Å². The maximum absolute atomic E-state index is 9.81. The van der Waals surface area contributed by atoms with Crippen LogP contribution in [0.15, 0.2) is 30.3 Å². The van der Waals surface area contributed by atoms with Crippen LogP contribution in [-0.2, 0) is 25.7 Å². The van der Waals surface area contributed by atoms with Crippen LogP contribution in [0.5, 0.6) is 0 Å². The highest BCUT2D eigenvalue weighted by Gasteiger charge is 2.28. The zero-order chi connectivity index (χ0) is 19.3. The van der Waals surface area contributed by atoms with E-state index in [0.29, 0.717) is 0 Å². The predicted octanol–water partition coefficient (Wildman–Crippen LogP) is 5.56. The Kier molecular flexibility index (Phi) is 2.69. The first-order valence-corrected chi connectivity index (χ1v) is 10.4. The maximum Gasteiger partial charge on any atom is 0.0995 e. The molecule has 2 aliphatic carbocycles. The van der Waals surface area contributed by atoms with Gasteiger partial charge in [0.1, 0.15) is 0 Å². The highest BCUT2D eigenvalue weighted by Crippen LogP contribution is 2.46. The third-order valence-electron chi connectivity index (χ3n) is 7.28. The Balaban J connectivity index is 1.82. The van der Waals surface area contributed by atoms with Gasteiger partial charge in [-0.3, -0.25) is 0 Å². The van der Waals surface area contributed by atoms with Gasteiger partial charge >= 0.3 is 0 Å². The summed E-state index contributed by atoms with van der Waals surface area (Å²) in [5.74, 6) is 0. The quantitative estimate of drug-likeness (QED) is 0.358. The summed E-state index contributed by atoms with van der Waals surface area (Å²) in [6.45, 7) is 0. The summed E-state index contributed by atoms with van der Waals surface area (Å²) >= 11 is 0. The second-order valence-electron chi connectivity index (χ2n) is 8.52. The van der Waals surface area contributed by atoms with E-state index in [9.17, 15) is 10.5 Å². The Hall–Kier alpha value is -3.56. The summed E-state index contributed by atoms with van der Waals surface area (Å²) in [7, 11) is 0. The van der Waals surface area contributed by atoms with Crippen LogP contribution in [0.1, 0.15) is 46.2 Å². The monoisotopic (exact) mass is 371 g/mol. The van der Waals surface area contributed by atoms with E-state index in [1.165, 1.54) is 49.3 Å².